The number of hydrogen-bond donors (Lipinski definition) is 1. The Morgan fingerprint density at radius 2 is 2.07 bits per heavy atom. The van der Waals surface area contributed by atoms with Crippen molar-refractivity contribution in [1.82, 2.24) is 0 Å². The molecule has 0 saturated heterocycles. The summed E-state index contributed by atoms with van der Waals surface area (Å²) >= 11 is 0. The van der Waals surface area contributed by atoms with E-state index < -0.39 is 10.8 Å². The van der Waals surface area contributed by atoms with Gasteiger partial charge in [0.2, 0.25) is 0 Å². The summed E-state index contributed by atoms with van der Waals surface area (Å²) in [6.07, 6.45) is 0. The Labute approximate surface area is 94.3 Å². The van der Waals surface area contributed by atoms with Crippen LogP contribution in [0.2, 0.25) is 0 Å². The van der Waals surface area contributed by atoms with E-state index in [1.807, 2.05) is 32.9 Å². The molecule has 0 radical (unpaired) electrons. The fourth-order valence-electron chi connectivity index (χ4n) is 1.37. The molecule has 2 nitrogen and oxygen atoms in total. The maximum atomic E-state index is 11.7. The SMILES string of the molecule is Cc1cc(CN)ccc1CS(=O)C(C)C. The molecule has 1 aromatic rings. The molecule has 0 heterocycles. The Morgan fingerprint density at radius 1 is 1.40 bits per heavy atom. The average Bonchev–Trinajstić information content (AvgIpc) is 2.20. The van der Waals surface area contributed by atoms with E-state index >= 15 is 0 Å². The highest BCUT2D eigenvalue weighted by atomic mass is 32.2. The molecule has 2 N–H and O–H groups in total. The van der Waals surface area contributed by atoms with E-state index in [0.29, 0.717) is 12.3 Å². The second-order valence-corrected chi connectivity index (χ2v) is 6.03. The fourth-order valence-corrected chi connectivity index (χ4v) is 2.33. The summed E-state index contributed by atoms with van der Waals surface area (Å²) in [6.45, 7) is 6.58. The van der Waals surface area contributed by atoms with E-state index in [0.717, 1.165) is 5.56 Å². The molecule has 0 spiro atoms. The van der Waals surface area contributed by atoms with Gasteiger partial charge in [-0.25, -0.2) is 0 Å². The lowest BCUT2D eigenvalue weighted by Gasteiger charge is -2.09. The van der Waals surface area contributed by atoms with Crippen LogP contribution in [0.15, 0.2) is 18.2 Å². The van der Waals surface area contributed by atoms with Crippen LogP contribution in [-0.2, 0) is 23.1 Å². The summed E-state index contributed by atoms with van der Waals surface area (Å²) < 4.78 is 11.7. The molecule has 0 aromatic heterocycles. The smallest absolute Gasteiger partial charge is 0.0490 e. The van der Waals surface area contributed by atoms with Crippen molar-refractivity contribution < 1.29 is 4.21 Å². The molecule has 0 aliphatic heterocycles. The normalized spacial score (nSPS) is 13.1. The molecule has 1 unspecified atom stereocenters. The molecule has 0 aliphatic carbocycles. The van der Waals surface area contributed by atoms with Crippen LogP contribution in [0.1, 0.15) is 30.5 Å². The van der Waals surface area contributed by atoms with Crippen molar-refractivity contribution in [2.24, 2.45) is 5.73 Å². The van der Waals surface area contributed by atoms with Crippen molar-refractivity contribution in [3.05, 3.63) is 34.9 Å². The highest BCUT2D eigenvalue weighted by molar-refractivity contribution is 7.84. The first kappa shape index (κ1) is 12.4. The Bertz CT molecular complexity index is 361. The lowest BCUT2D eigenvalue weighted by molar-refractivity contribution is 0.676. The number of benzene rings is 1. The molecule has 1 aromatic carbocycles. The number of rotatable bonds is 4. The zero-order valence-corrected chi connectivity index (χ0v) is 10.4. The van der Waals surface area contributed by atoms with E-state index in [2.05, 4.69) is 6.07 Å². The zero-order valence-electron chi connectivity index (χ0n) is 9.62. The van der Waals surface area contributed by atoms with Crippen LogP contribution in [0.3, 0.4) is 0 Å². The van der Waals surface area contributed by atoms with E-state index in [1.165, 1.54) is 11.1 Å². The largest absolute Gasteiger partial charge is 0.326 e. The quantitative estimate of drug-likeness (QED) is 0.853. The van der Waals surface area contributed by atoms with Gasteiger partial charge in [-0.1, -0.05) is 32.0 Å². The molecule has 84 valence electrons. The summed E-state index contributed by atoms with van der Waals surface area (Å²) in [5.74, 6) is 0.647. The predicted molar refractivity (Wildman–Crippen MR) is 66.1 cm³/mol. The zero-order chi connectivity index (χ0) is 11.4. The second kappa shape index (κ2) is 5.42. The highest BCUT2D eigenvalue weighted by Crippen LogP contribution is 2.14. The van der Waals surface area contributed by atoms with Gasteiger partial charge in [-0.3, -0.25) is 4.21 Å². The lowest BCUT2D eigenvalue weighted by atomic mass is 10.1. The van der Waals surface area contributed by atoms with Crippen molar-refractivity contribution in [3.63, 3.8) is 0 Å². The molecular weight excluding hydrogens is 206 g/mol. The van der Waals surface area contributed by atoms with Crippen LogP contribution in [-0.4, -0.2) is 9.46 Å². The van der Waals surface area contributed by atoms with Gasteiger partial charge >= 0.3 is 0 Å². The monoisotopic (exact) mass is 225 g/mol. The van der Waals surface area contributed by atoms with Gasteiger partial charge in [0.1, 0.15) is 0 Å². The van der Waals surface area contributed by atoms with E-state index in [4.69, 9.17) is 5.73 Å². The molecule has 0 aliphatic rings. The Hall–Kier alpha value is -0.670. The third-order valence-electron chi connectivity index (χ3n) is 2.47. The summed E-state index contributed by atoms with van der Waals surface area (Å²) in [6, 6.07) is 6.13. The minimum atomic E-state index is -0.773. The summed E-state index contributed by atoms with van der Waals surface area (Å²) in [4.78, 5) is 0. The minimum absolute atomic E-state index is 0.221. The Balaban J connectivity index is 2.83. The Kier molecular flexibility index (Phi) is 4.48. The maximum absolute atomic E-state index is 11.7. The van der Waals surface area contributed by atoms with Crippen LogP contribution in [0, 0.1) is 6.92 Å². The third kappa shape index (κ3) is 3.43. The molecule has 0 bridgehead atoms. The van der Waals surface area contributed by atoms with Crippen molar-refractivity contribution in [2.45, 2.75) is 38.3 Å². The predicted octanol–water partition coefficient (Wildman–Crippen LogP) is 2.11. The van der Waals surface area contributed by atoms with Gasteiger partial charge in [-0.15, -0.1) is 0 Å². The maximum Gasteiger partial charge on any atom is 0.0490 e. The molecule has 1 atom stereocenters. The van der Waals surface area contributed by atoms with Crippen LogP contribution in [0.4, 0.5) is 0 Å². The van der Waals surface area contributed by atoms with Gasteiger partial charge in [-0.2, -0.15) is 0 Å². The number of nitrogens with two attached hydrogens (primary N) is 1. The molecule has 3 heteroatoms. The van der Waals surface area contributed by atoms with Crippen molar-refractivity contribution >= 4 is 10.8 Å². The fraction of sp³-hybridized carbons (Fsp3) is 0.500. The van der Waals surface area contributed by atoms with Crippen LogP contribution in [0.5, 0.6) is 0 Å². The van der Waals surface area contributed by atoms with Gasteiger partial charge in [-0.05, 0) is 23.6 Å². The first-order chi connectivity index (χ1) is 7.04. The minimum Gasteiger partial charge on any atom is -0.326 e. The summed E-state index contributed by atoms with van der Waals surface area (Å²) in [5, 5.41) is 0.221. The van der Waals surface area contributed by atoms with Crippen molar-refractivity contribution in [2.75, 3.05) is 0 Å². The highest BCUT2D eigenvalue weighted by Gasteiger charge is 2.08. The molecule has 0 saturated carbocycles. The first-order valence-electron chi connectivity index (χ1n) is 5.20. The number of hydrogen-bond acceptors (Lipinski definition) is 2. The lowest BCUT2D eigenvalue weighted by Crippen LogP contribution is -2.09. The Morgan fingerprint density at radius 3 is 2.53 bits per heavy atom. The molecule has 15 heavy (non-hydrogen) atoms. The van der Waals surface area contributed by atoms with Crippen LogP contribution in [0.25, 0.3) is 0 Å². The second-order valence-electron chi connectivity index (χ2n) is 4.04. The molecule has 1 rings (SSSR count). The summed E-state index contributed by atoms with van der Waals surface area (Å²) in [7, 11) is -0.773. The first-order valence-corrected chi connectivity index (χ1v) is 6.58. The molecule has 0 amide bonds. The molecule has 0 fully saturated rings. The van der Waals surface area contributed by atoms with Crippen molar-refractivity contribution in [1.29, 1.82) is 0 Å². The van der Waals surface area contributed by atoms with Crippen LogP contribution < -0.4 is 5.73 Å². The standard InChI is InChI=1S/C12H19NOS/c1-9(2)15(14)8-12-5-4-11(7-13)6-10(12)3/h4-6,9H,7-8,13H2,1-3H3. The van der Waals surface area contributed by atoms with Gasteiger partial charge in [0.05, 0.1) is 0 Å². The van der Waals surface area contributed by atoms with Gasteiger partial charge in [0.25, 0.3) is 0 Å². The third-order valence-corrected chi connectivity index (χ3v) is 4.11. The molecular formula is C12H19NOS. The number of aryl methyl sites for hydroxylation is 1. The van der Waals surface area contributed by atoms with Gasteiger partial charge in [0, 0.05) is 28.3 Å². The van der Waals surface area contributed by atoms with E-state index in [1.54, 1.807) is 0 Å². The van der Waals surface area contributed by atoms with Crippen LogP contribution >= 0.6 is 0 Å². The van der Waals surface area contributed by atoms with E-state index in [9.17, 15) is 4.21 Å². The van der Waals surface area contributed by atoms with Gasteiger partial charge in [0.15, 0.2) is 0 Å². The van der Waals surface area contributed by atoms with Gasteiger partial charge < -0.3 is 5.73 Å². The van der Waals surface area contributed by atoms with Crippen molar-refractivity contribution in [3.8, 4) is 0 Å². The summed E-state index contributed by atoms with van der Waals surface area (Å²) in [5.41, 5.74) is 9.04. The van der Waals surface area contributed by atoms with E-state index in [-0.39, 0.29) is 5.25 Å². The average molecular weight is 225 g/mol. The topological polar surface area (TPSA) is 43.1 Å².